The van der Waals surface area contributed by atoms with Gasteiger partial charge >= 0.3 is 11.8 Å². The molecule has 21 heavy (non-hydrogen) atoms. The zero-order valence-corrected chi connectivity index (χ0v) is 12.0. The minimum atomic E-state index is -0.693. The Labute approximate surface area is 123 Å². The van der Waals surface area contributed by atoms with Crippen molar-refractivity contribution in [2.75, 3.05) is 31.2 Å². The number of para-hydroxylation sites is 1. The SMILES string of the molecule is CC1Cc2ccccc2N1C(=O)C(=O)N(CCO)CCO. The summed E-state index contributed by atoms with van der Waals surface area (Å²) in [5, 5.41) is 17.9. The molecule has 6 heteroatoms. The first-order valence-corrected chi connectivity index (χ1v) is 7.02. The van der Waals surface area contributed by atoms with Crippen LogP contribution in [-0.2, 0) is 16.0 Å². The lowest BCUT2D eigenvalue weighted by molar-refractivity contribution is -0.145. The second-order valence-electron chi connectivity index (χ2n) is 5.10. The fourth-order valence-corrected chi connectivity index (χ4v) is 2.67. The third-order valence-corrected chi connectivity index (χ3v) is 3.64. The molecule has 1 aliphatic rings. The molecular formula is C15H20N2O4. The number of aliphatic hydroxyl groups excluding tert-OH is 2. The van der Waals surface area contributed by atoms with Crippen molar-refractivity contribution in [1.29, 1.82) is 0 Å². The van der Waals surface area contributed by atoms with Crippen molar-refractivity contribution < 1.29 is 19.8 Å². The summed E-state index contributed by atoms with van der Waals surface area (Å²) in [7, 11) is 0. The zero-order chi connectivity index (χ0) is 15.4. The molecule has 0 aliphatic carbocycles. The molecule has 114 valence electrons. The smallest absolute Gasteiger partial charge is 0.316 e. The Kier molecular flexibility index (Phi) is 4.93. The standard InChI is InChI=1S/C15H20N2O4/c1-11-10-12-4-2-3-5-13(12)17(11)15(21)14(20)16(6-8-18)7-9-19/h2-5,11,18-19H,6-10H2,1H3. The molecule has 0 saturated carbocycles. The molecule has 0 saturated heterocycles. The lowest BCUT2D eigenvalue weighted by atomic mass is 10.1. The van der Waals surface area contributed by atoms with E-state index in [4.69, 9.17) is 10.2 Å². The van der Waals surface area contributed by atoms with Crippen molar-refractivity contribution >= 4 is 17.5 Å². The van der Waals surface area contributed by atoms with Gasteiger partial charge in [0.15, 0.2) is 0 Å². The number of hydrogen-bond donors (Lipinski definition) is 2. The molecule has 0 fully saturated rings. The molecule has 1 unspecified atom stereocenters. The average Bonchev–Trinajstić information content (AvgIpc) is 2.81. The number of anilines is 1. The van der Waals surface area contributed by atoms with E-state index in [0.29, 0.717) is 0 Å². The molecule has 2 N–H and O–H groups in total. The topological polar surface area (TPSA) is 81.1 Å². The predicted octanol–water partition coefficient (Wildman–Crippen LogP) is -0.223. The van der Waals surface area contributed by atoms with Crippen LogP contribution < -0.4 is 4.90 Å². The quantitative estimate of drug-likeness (QED) is 0.752. The fraction of sp³-hybridized carbons (Fsp3) is 0.467. The molecule has 1 aromatic rings. The normalized spacial score (nSPS) is 16.7. The highest BCUT2D eigenvalue weighted by molar-refractivity contribution is 6.40. The van der Waals surface area contributed by atoms with E-state index in [1.807, 2.05) is 31.2 Å². The summed E-state index contributed by atoms with van der Waals surface area (Å²) in [5.74, 6) is -1.31. The van der Waals surface area contributed by atoms with Crippen molar-refractivity contribution in [2.24, 2.45) is 0 Å². The lowest BCUT2D eigenvalue weighted by Gasteiger charge is -2.26. The summed E-state index contributed by atoms with van der Waals surface area (Å²) >= 11 is 0. The van der Waals surface area contributed by atoms with Crippen LogP contribution in [0.15, 0.2) is 24.3 Å². The van der Waals surface area contributed by atoms with Gasteiger partial charge in [-0.15, -0.1) is 0 Å². The summed E-state index contributed by atoms with van der Waals surface area (Å²) in [4.78, 5) is 27.4. The fourth-order valence-electron chi connectivity index (χ4n) is 2.67. The first kappa shape index (κ1) is 15.5. The van der Waals surface area contributed by atoms with Crippen molar-refractivity contribution in [3.05, 3.63) is 29.8 Å². The summed E-state index contributed by atoms with van der Waals surface area (Å²) in [6.07, 6.45) is 0.717. The molecule has 2 amide bonds. The van der Waals surface area contributed by atoms with E-state index in [-0.39, 0.29) is 32.3 Å². The van der Waals surface area contributed by atoms with Crippen LogP contribution in [0.3, 0.4) is 0 Å². The minimum Gasteiger partial charge on any atom is -0.395 e. The molecule has 1 atom stereocenters. The number of nitrogens with zero attached hydrogens (tertiary/aromatic N) is 2. The van der Waals surface area contributed by atoms with Gasteiger partial charge in [0, 0.05) is 24.8 Å². The second kappa shape index (κ2) is 6.69. The Morgan fingerprint density at radius 2 is 1.86 bits per heavy atom. The number of amides is 2. The van der Waals surface area contributed by atoms with E-state index in [0.717, 1.165) is 17.7 Å². The Morgan fingerprint density at radius 3 is 2.48 bits per heavy atom. The maximum absolute atomic E-state index is 12.5. The highest BCUT2D eigenvalue weighted by atomic mass is 16.3. The van der Waals surface area contributed by atoms with E-state index in [9.17, 15) is 9.59 Å². The van der Waals surface area contributed by atoms with Crippen LogP contribution in [0.1, 0.15) is 12.5 Å². The predicted molar refractivity (Wildman–Crippen MR) is 77.8 cm³/mol. The van der Waals surface area contributed by atoms with Crippen LogP contribution in [0.5, 0.6) is 0 Å². The maximum Gasteiger partial charge on any atom is 0.316 e. The molecule has 0 radical (unpaired) electrons. The van der Waals surface area contributed by atoms with Crippen LogP contribution in [0, 0.1) is 0 Å². The molecule has 0 spiro atoms. The van der Waals surface area contributed by atoms with E-state index in [1.165, 1.54) is 9.80 Å². The monoisotopic (exact) mass is 292 g/mol. The highest BCUT2D eigenvalue weighted by Gasteiger charge is 2.35. The van der Waals surface area contributed by atoms with Gasteiger partial charge in [0.1, 0.15) is 0 Å². The van der Waals surface area contributed by atoms with Crippen LogP contribution in [0.25, 0.3) is 0 Å². The van der Waals surface area contributed by atoms with Crippen molar-refractivity contribution in [3.63, 3.8) is 0 Å². The number of benzene rings is 1. The first-order chi connectivity index (χ1) is 10.1. The third kappa shape index (κ3) is 3.06. The number of hydrogen-bond acceptors (Lipinski definition) is 4. The summed E-state index contributed by atoms with van der Waals surface area (Å²) in [6, 6.07) is 7.44. The zero-order valence-electron chi connectivity index (χ0n) is 12.0. The van der Waals surface area contributed by atoms with Crippen LogP contribution >= 0.6 is 0 Å². The van der Waals surface area contributed by atoms with Gasteiger partial charge in [0.05, 0.1) is 13.2 Å². The second-order valence-corrected chi connectivity index (χ2v) is 5.10. The Hall–Kier alpha value is -1.92. The lowest BCUT2D eigenvalue weighted by Crippen LogP contribution is -2.49. The first-order valence-electron chi connectivity index (χ1n) is 7.02. The summed E-state index contributed by atoms with van der Waals surface area (Å²) in [6.45, 7) is 1.48. The number of rotatable bonds is 4. The minimum absolute atomic E-state index is 0.0367. The summed E-state index contributed by atoms with van der Waals surface area (Å²) in [5.41, 5.74) is 1.80. The Bertz CT molecular complexity index is 526. The molecule has 6 nitrogen and oxygen atoms in total. The van der Waals surface area contributed by atoms with Gasteiger partial charge in [-0.2, -0.15) is 0 Å². The van der Waals surface area contributed by atoms with Gasteiger partial charge < -0.3 is 20.0 Å². The van der Waals surface area contributed by atoms with Crippen LogP contribution in [-0.4, -0.2) is 59.3 Å². The highest BCUT2D eigenvalue weighted by Crippen LogP contribution is 2.31. The number of carbonyl (C=O) groups excluding carboxylic acids is 2. The largest absolute Gasteiger partial charge is 0.395 e. The molecule has 1 aromatic carbocycles. The Morgan fingerprint density at radius 1 is 1.24 bits per heavy atom. The molecule has 1 aliphatic heterocycles. The van der Waals surface area contributed by atoms with E-state index >= 15 is 0 Å². The molecule has 2 rings (SSSR count). The van der Waals surface area contributed by atoms with Gasteiger partial charge in [-0.3, -0.25) is 9.59 Å². The number of fused-ring (bicyclic) bond motifs is 1. The third-order valence-electron chi connectivity index (χ3n) is 3.64. The molecule has 1 heterocycles. The van der Waals surface area contributed by atoms with Crippen molar-refractivity contribution in [1.82, 2.24) is 4.90 Å². The number of aliphatic hydroxyl groups is 2. The Balaban J connectivity index is 2.21. The van der Waals surface area contributed by atoms with Gasteiger partial charge in [0.2, 0.25) is 0 Å². The van der Waals surface area contributed by atoms with E-state index in [1.54, 1.807) is 0 Å². The van der Waals surface area contributed by atoms with Crippen molar-refractivity contribution in [2.45, 2.75) is 19.4 Å². The molecular weight excluding hydrogens is 272 g/mol. The molecule has 0 aromatic heterocycles. The van der Waals surface area contributed by atoms with Gasteiger partial charge in [-0.25, -0.2) is 0 Å². The van der Waals surface area contributed by atoms with Gasteiger partial charge in [-0.1, -0.05) is 18.2 Å². The van der Waals surface area contributed by atoms with Crippen molar-refractivity contribution in [3.8, 4) is 0 Å². The average molecular weight is 292 g/mol. The van der Waals surface area contributed by atoms with Crippen LogP contribution in [0.4, 0.5) is 5.69 Å². The summed E-state index contributed by atoms with van der Waals surface area (Å²) < 4.78 is 0. The van der Waals surface area contributed by atoms with E-state index < -0.39 is 11.8 Å². The van der Waals surface area contributed by atoms with Gasteiger partial charge in [0.25, 0.3) is 0 Å². The number of carbonyl (C=O) groups is 2. The molecule has 0 bridgehead atoms. The van der Waals surface area contributed by atoms with Gasteiger partial charge in [-0.05, 0) is 25.0 Å². The van der Waals surface area contributed by atoms with Crippen LogP contribution in [0.2, 0.25) is 0 Å². The maximum atomic E-state index is 12.5. The van der Waals surface area contributed by atoms with E-state index in [2.05, 4.69) is 0 Å².